The number of nitrogens with two attached hydrogens (primary N) is 1. The maximum atomic E-state index is 12.8. The third kappa shape index (κ3) is 5.18. The Labute approximate surface area is 214 Å². The predicted molar refractivity (Wildman–Crippen MR) is 139 cm³/mol. The summed E-state index contributed by atoms with van der Waals surface area (Å²) in [4.78, 5) is 17.7. The molecule has 1 aromatic heterocycles. The molecular weight excluding hydrogens is 493 g/mol. The minimum Gasteiger partial charge on any atom is -0.471 e. The quantitative estimate of drug-likeness (QED) is 0.397. The molecule has 0 spiro atoms. The Hall–Kier alpha value is -2.31. The summed E-state index contributed by atoms with van der Waals surface area (Å²) in [5.41, 5.74) is 8.23. The van der Waals surface area contributed by atoms with E-state index < -0.39 is 11.1 Å². The van der Waals surface area contributed by atoms with Crippen LogP contribution in [0.25, 0.3) is 22.4 Å². The number of nitrogens with one attached hydrogen (secondary N) is 1. The summed E-state index contributed by atoms with van der Waals surface area (Å²) >= 11 is 19.0. The van der Waals surface area contributed by atoms with Crippen molar-refractivity contribution in [3.05, 3.63) is 69.2 Å². The largest absolute Gasteiger partial charge is 0.471 e. The molecule has 1 aliphatic rings. The molecule has 0 saturated heterocycles. The van der Waals surface area contributed by atoms with Crippen LogP contribution in [0.5, 0.6) is 5.88 Å². The maximum absolute atomic E-state index is 12.8. The number of carbonyl (C=O) groups is 1. The van der Waals surface area contributed by atoms with Crippen LogP contribution in [-0.4, -0.2) is 22.0 Å². The molecule has 3 aromatic rings. The first-order valence-electron chi connectivity index (χ1n) is 10.9. The van der Waals surface area contributed by atoms with Crippen molar-refractivity contribution in [1.82, 2.24) is 10.3 Å². The number of halogens is 3. The number of nitrogens with zero attached hydrogens (tertiary/aromatic N) is 1. The van der Waals surface area contributed by atoms with Crippen LogP contribution in [0, 0.1) is 0 Å². The number of fused-ring (bicyclic) bond motifs is 1. The normalized spacial score (nSPS) is 17.0. The Morgan fingerprint density at radius 1 is 1.06 bits per heavy atom. The smallest absolute Gasteiger partial charge is 0.239 e. The molecule has 178 valence electrons. The predicted octanol–water partition coefficient (Wildman–Crippen LogP) is 6.83. The first-order valence-corrected chi connectivity index (χ1v) is 12.0. The topological polar surface area (TPSA) is 77.2 Å². The second kappa shape index (κ2) is 9.04. The molecule has 2 aromatic carbocycles. The summed E-state index contributed by atoms with van der Waals surface area (Å²) in [7, 11) is 0. The zero-order chi connectivity index (χ0) is 24.8. The summed E-state index contributed by atoms with van der Waals surface area (Å²) in [6.45, 7) is 7.28. The second-order valence-corrected chi connectivity index (χ2v) is 11.0. The minimum atomic E-state index is -1.02. The summed E-state index contributed by atoms with van der Waals surface area (Å²) in [6, 6.07) is 14.4. The van der Waals surface area contributed by atoms with Gasteiger partial charge in [0.1, 0.15) is 5.60 Å². The van der Waals surface area contributed by atoms with Gasteiger partial charge < -0.3 is 15.8 Å². The molecule has 4 rings (SSSR count). The highest BCUT2D eigenvalue weighted by Gasteiger charge is 2.38. The summed E-state index contributed by atoms with van der Waals surface area (Å²) < 4.78 is 6.27. The molecule has 1 aliphatic heterocycles. The monoisotopic (exact) mass is 517 g/mol. The van der Waals surface area contributed by atoms with Crippen molar-refractivity contribution in [2.75, 3.05) is 0 Å². The van der Waals surface area contributed by atoms with Crippen molar-refractivity contribution in [3.63, 3.8) is 0 Å². The first-order chi connectivity index (χ1) is 15.8. The van der Waals surface area contributed by atoms with E-state index in [0.717, 1.165) is 16.7 Å². The number of ether oxygens (including phenoxy) is 1. The van der Waals surface area contributed by atoms with Gasteiger partial charge in [-0.25, -0.2) is 4.98 Å². The van der Waals surface area contributed by atoms with E-state index in [0.29, 0.717) is 38.6 Å². The lowest BCUT2D eigenvalue weighted by Crippen LogP contribution is -2.52. The van der Waals surface area contributed by atoms with E-state index in [1.165, 1.54) is 0 Å². The van der Waals surface area contributed by atoms with E-state index >= 15 is 0 Å². The van der Waals surface area contributed by atoms with E-state index in [-0.39, 0.29) is 11.9 Å². The van der Waals surface area contributed by atoms with Gasteiger partial charge in [0.2, 0.25) is 11.8 Å². The van der Waals surface area contributed by atoms with Crippen LogP contribution < -0.4 is 15.8 Å². The zero-order valence-corrected chi connectivity index (χ0v) is 21.6. The minimum absolute atomic E-state index is 0.254. The third-order valence-electron chi connectivity index (χ3n) is 5.69. The highest BCUT2D eigenvalue weighted by atomic mass is 35.5. The molecule has 2 heterocycles. The number of rotatable bonds is 4. The van der Waals surface area contributed by atoms with Gasteiger partial charge in [0.15, 0.2) is 0 Å². The number of amides is 1. The SMILES string of the molecule is CC1(C)CC(NC(=O)C(C)(C)N)c2cc(-c3ccc(Cl)cc3)c(-c3cc(Cl)ccc3Cl)nc2O1. The molecule has 1 unspecified atom stereocenters. The van der Waals surface area contributed by atoms with Gasteiger partial charge in [-0.15, -0.1) is 0 Å². The number of carbonyl (C=O) groups excluding carboxylic acids is 1. The van der Waals surface area contributed by atoms with Crippen LogP contribution in [-0.2, 0) is 4.79 Å². The van der Waals surface area contributed by atoms with Gasteiger partial charge in [0, 0.05) is 33.2 Å². The molecule has 34 heavy (non-hydrogen) atoms. The molecule has 5 nitrogen and oxygen atoms in total. The number of benzene rings is 2. The number of aromatic nitrogens is 1. The van der Waals surface area contributed by atoms with Gasteiger partial charge in [-0.05, 0) is 69.7 Å². The lowest BCUT2D eigenvalue weighted by molar-refractivity contribution is -0.126. The van der Waals surface area contributed by atoms with Crippen LogP contribution in [0.1, 0.15) is 45.7 Å². The third-order valence-corrected chi connectivity index (χ3v) is 6.51. The average Bonchev–Trinajstić information content (AvgIpc) is 2.74. The number of hydrogen-bond donors (Lipinski definition) is 2. The van der Waals surface area contributed by atoms with Gasteiger partial charge in [0.05, 0.1) is 22.3 Å². The van der Waals surface area contributed by atoms with Crippen molar-refractivity contribution in [3.8, 4) is 28.3 Å². The fraction of sp³-hybridized carbons (Fsp3) is 0.308. The van der Waals surface area contributed by atoms with Gasteiger partial charge >= 0.3 is 0 Å². The number of hydrogen-bond acceptors (Lipinski definition) is 4. The molecule has 0 radical (unpaired) electrons. The summed E-state index contributed by atoms with van der Waals surface area (Å²) in [6.07, 6.45) is 0.556. The Bertz CT molecular complexity index is 1250. The lowest BCUT2D eigenvalue weighted by Gasteiger charge is -2.38. The highest BCUT2D eigenvalue weighted by molar-refractivity contribution is 6.35. The maximum Gasteiger partial charge on any atom is 0.239 e. The molecule has 1 atom stereocenters. The van der Waals surface area contributed by atoms with E-state index in [2.05, 4.69) is 5.32 Å². The molecule has 3 N–H and O–H groups in total. The fourth-order valence-corrected chi connectivity index (χ4v) is 4.46. The number of pyridine rings is 1. The van der Waals surface area contributed by atoms with Crippen molar-refractivity contribution in [1.29, 1.82) is 0 Å². The van der Waals surface area contributed by atoms with E-state index in [4.69, 9.17) is 50.3 Å². The first kappa shape index (κ1) is 24.8. The Balaban J connectivity index is 1.94. The molecule has 0 saturated carbocycles. The van der Waals surface area contributed by atoms with Crippen LogP contribution >= 0.6 is 34.8 Å². The van der Waals surface area contributed by atoms with Gasteiger partial charge in [-0.2, -0.15) is 0 Å². The van der Waals surface area contributed by atoms with Gasteiger partial charge in [-0.3, -0.25) is 4.79 Å². The van der Waals surface area contributed by atoms with Gasteiger partial charge in [-0.1, -0.05) is 46.9 Å². The van der Waals surface area contributed by atoms with Crippen LogP contribution in [0.2, 0.25) is 15.1 Å². The van der Waals surface area contributed by atoms with Crippen LogP contribution in [0.4, 0.5) is 0 Å². The van der Waals surface area contributed by atoms with Crippen molar-refractivity contribution >= 4 is 40.7 Å². The lowest BCUT2D eigenvalue weighted by atomic mass is 9.88. The fourth-order valence-electron chi connectivity index (χ4n) is 3.96. The van der Waals surface area contributed by atoms with E-state index in [1.54, 1.807) is 32.0 Å². The standard InChI is InChI=1S/C26H26Cl3N3O2/c1-25(2)13-21(31-24(33)26(3,4)30)19-12-17(14-5-7-15(27)8-6-14)22(32-23(19)34-25)18-11-16(28)9-10-20(18)29/h5-12,21H,13,30H2,1-4H3,(H,31,33). The Morgan fingerprint density at radius 3 is 2.35 bits per heavy atom. The molecular formula is C26H26Cl3N3O2. The van der Waals surface area contributed by atoms with Crippen molar-refractivity contribution < 1.29 is 9.53 Å². The Kier molecular flexibility index (Phi) is 6.60. The average molecular weight is 519 g/mol. The van der Waals surface area contributed by atoms with Crippen LogP contribution in [0.3, 0.4) is 0 Å². The van der Waals surface area contributed by atoms with Crippen molar-refractivity contribution in [2.45, 2.75) is 51.3 Å². The second-order valence-electron chi connectivity index (χ2n) is 9.72. The van der Waals surface area contributed by atoms with E-state index in [1.807, 2.05) is 44.2 Å². The van der Waals surface area contributed by atoms with Crippen molar-refractivity contribution in [2.24, 2.45) is 5.73 Å². The molecule has 1 amide bonds. The highest BCUT2D eigenvalue weighted by Crippen LogP contribution is 2.45. The molecule has 8 heteroatoms. The summed E-state index contributed by atoms with van der Waals surface area (Å²) in [5, 5.41) is 4.76. The molecule has 0 aliphatic carbocycles. The van der Waals surface area contributed by atoms with Crippen LogP contribution in [0.15, 0.2) is 48.5 Å². The molecule has 0 bridgehead atoms. The zero-order valence-electron chi connectivity index (χ0n) is 19.4. The Morgan fingerprint density at radius 2 is 1.71 bits per heavy atom. The van der Waals surface area contributed by atoms with Gasteiger partial charge in [0.25, 0.3) is 0 Å². The summed E-state index contributed by atoms with van der Waals surface area (Å²) in [5.74, 6) is 0.177. The van der Waals surface area contributed by atoms with E-state index in [9.17, 15) is 4.79 Å². The molecule has 0 fully saturated rings.